The van der Waals surface area contributed by atoms with Gasteiger partial charge in [-0.3, -0.25) is 14.8 Å². The first kappa shape index (κ1) is 23.4. The number of nitrogens with zero attached hydrogens (tertiary/aromatic N) is 2. The van der Waals surface area contributed by atoms with Gasteiger partial charge in [-0.25, -0.2) is 4.79 Å². The number of aromatic nitrogens is 2. The molecule has 176 valence electrons. The highest BCUT2D eigenvalue weighted by Crippen LogP contribution is 2.20. The van der Waals surface area contributed by atoms with Crippen molar-refractivity contribution in [1.29, 1.82) is 0 Å². The summed E-state index contributed by atoms with van der Waals surface area (Å²) >= 11 is 0. The molecule has 2 N–H and O–H groups in total. The molecule has 0 radical (unpaired) electrons. The number of aryl methyl sites for hydroxylation is 3. The maximum absolute atomic E-state index is 12.3. The molecule has 0 bridgehead atoms. The predicted molar refractivity (Wildman–Crippen MR) is 128 cm³/mol. The topological polar surface area (TPSA) is 101 Å². The fourth-order valence-electron chi connectivity index (χ4n) is 4.11. The van der Waals surface area contributed by atoms with Gasteiger partial charge in [-0.2, -0.15) is 0 Å². The van der Waals surface area contributed by atoms with Crippen molar-refractivity contribution >= 4 is 11.9 Å². The number of aliphatic carboxylic acids is 1. The van der Waals surface area contributed by atoms with E-state index in [0.29, 0.717) is 12.2 Å². The number of hydrogen-bond acceptors (Lipinski definition) is 5. The summed E-state index contributed by atoms with van der Waals surface area (Å²) in [7, 11) is 0. The Morgan fingerprint density at radius 1 is 1.06 bits per heavy atom. The highest BCUT2D eigenvalue weighted by molar-refractivity contribution is 5.96. The van der Waals surface area contributed by atoms with Gasteiger partial charge >= 0.3 is 5.97 Å². The molecule has 1 aliphatic carbocycles. The van der Waals surface area contributed by atoms with Gasteiger partial charge in [0.2, 0.25) is 0 Å². The normalized spacial score (nSPS) is 13.5. The minimum Gasteiger partial charge on any atom is -0.494 e. The number of benzene rings is 1. The molecule has 0 saturated heterocycles. The van der Waals surface area contributed by atoms with Gasteiger partial charge in [0.1, 0.15) is 11.8 Å². The summed E-state index contributed by atoms with van der Waals surface area (Å²) in [5.74, 6) is -0.823. The van der Waals surface area contributed by atoms with Crippen LogP contribution < -0.4 is 10.1 Å². The summed E-state index contributed by atoms with van der Waals surface area (Å²) in [5.41, 5.74) is 4.89. The third-order valence-corrected chi connectivity index (χ3v) is 5.97. The second kappa shape index (κ2) is 11.4. The van der Waals surface area contributed by atoms with Gasteiger partial charge in [0.25, 0.3) is 5.91 Å². The number of carboxylic acids is 1. The first-order valence-electron chi connectivity index (χ1n) is 11.7. The average Bonchev–Trinajstić information content (AvgIpc) is 2.87. The van der Waals surface area contributed by atoms with Crippen molar-refractivity contribution in [2.45, 2.75) is 51.0 Å². The number of carboxylic acid groups (broad SMARTS) is 1. The SMILES string of the molecule is O=C(NC(Cc1ccc(OCCCc2ccc3c(n2)CCCC3)cc1)C(=O)O)c1cccnc1. The Bertz CT molecular complexity index is 1120. The number of amides is 1. The minimum atomic E-state index is -1.09. The summed E-state index contributed by atoms with van der Waals surface area (Å²) < 4.78 is 5.85. The van der Waals surface area contributed by atoms with Crippen LogP contribution in [0.25, 0.3) is 0 Å². The van der Waals surface area contributed by atoms with E-state index in [2.05, 4.69) is 22.4 Å². The average molecular weight is 460 g/mol. The molecule has 1 aliphatic rings. The lowest BCUT2D eigenvalue weighted by Crippen LogP contribution is -2.42. The highest BCUT2D eigenvalue weighted by atomic mass is 16.5. The van der Waals surface area contributed by atoms with Crippen LogP contribution in [0.2, 0.25) is 0 Å². The quantitative estimate of drug-likeness (QED) is 0.447. The number of ether oxygens (including phenoxy) is 1. The van der Waals surface area contributed by atoms with Crippen molar-refractivity contribution in [3.05, 3.63) is 89.0 Å². The Kier molecular flexibility index (Phi) is 7.86. The Morgan fingerprint density at radius 2 is 1.88 bits per heavy atom. The lowest BCUT2D eigenvalue weighted by molar-refractivity contribution is -0.139. The van der Waals surface area contributed by atoms with Crippen LogP contribution in [-0.4, -0.2) is 39.6 Å². The van der Waals surface area contributed by atoms with E-state index in [1.54, 1.807) is 18.3 Å². The van der Waals surface area contributed by atoms with Gasteiger partial charge < -0.3 is 15.2 Å². The van der Waals surface area contributed by atoms with Crippen LogP contribution in [0.1, 0.15) is 52.1 Å². The first-order chi connectivity index (χ1) is 16.6. The zero-order valence-corrected chi connectivity index (χ0v) is 19.1. The summed E-state index contributed by atoms with van der Waals surface area (Å²) in [4.78, 5) is 32.6. The maximum Gasteiger partial charge on any atom is 0.326 e. The number of rotatable bonds is 10. The van der Waals surface area contributed by atoms with Crippen LogP contribution in [0.4, 0.5) is 0 Å². The number of carbonyl (C=O) groups excluding carboxylic acids is 1. The molecule has 3 aromatic rings. The molecule has 0 aliphatic heterocycles. The highest BCUT2D eigenvalue weighted by Gasteiger charge is 2.21. The zero-order chi connectivity index (χ0) is 23.8. The van der Waals surface area contributed by atoms with Gasteiger partial charge in [-0.15, -0.1) is 0 Å². The Labute approximate surface area is 199 Å². The second-order valence-corrected chi connectivity index (χ2v) is 8.52. The molecular weight excluding hydrogens is 430 g/mol. The van der Waals surface area contributed by atoms with Gasteiger partial charge in [0.05, 0.1) is 12.2 Å². The molecule has 0 fully saturated rings. The number of nitrogens with one attached hydrogen (secondary N) is 1. The van der Waals surface area contributed by atoms with Crippen molar-refractivity contribution in [3.63, 3.8) is 0 Å². The smallest absolute Gasteiger partial charge is 0.326 e. The van der Waals surface area contributed by atoms with Crippen molar-refractivity contribution in [2.24, 2.45) is 0 Å². The molecule has 2 heterocycles. The molecule has 0 spiro atoms. The molecule has 34 heavy (non-hydrogen) atoms. The van der Waals surface area contributed by atoms with Gasteiger partial charge in [0.15, 0.2) is 0 Å². The van der Waals surface area contributed by atoms with E-state index in [4.69, 9.17) is 9.72 Å². The van der Waals surface area contributed by atoms with E-state index in [0.717, 1.165) is 42.7 Å². The second-order valence-electron chi connectivity index (χ2n) is 8.52. The molecule has 2 aromatic heterocycles. The van der Waals surface area contributed by atoms with Gasteiger partial charge in [-0.05, 0) is 80.0 Å². The molecule has 1 aromatic carbocycles. The number of pyridine rings is 2. The van der Waals surface area contributed by atoms with Crippen molar-refractivity contribution in [3.8, 4) is 5.75 Å². The molecule has 0 saturated carbocycles. The Balaban J connectivity index is 1.24. The molecule has 7 nitrogen and oxygen atoms in total. The van der Waals surface area contributed by atoms with Crippen molar-refractivity contribution < 1.29 is 19.4 Å². The van der Waals surface area contributed by atoms with Crippen LogP contribution in [0.3, 0.4) is 0 Å². The van der Waals surface area contributed by atoms with Crippen molar-refractivity contribution in [2.75, 3.05) is 6.61 Å². The van der Waals surface area contributed by atoms with E-state index < -0.39 is 17.9 Å². The maximum atomic E-state index is 12.3. The number of hydrogen-bond donors (Lipinski definition) is 2. The number of fused-ring (bicyclic) bond motifs is 1. The molecule has 7 heteroatoms. The van der Waals surface area contributed by atoms with E-state index in [9.17, 15) is 14.7 Å². The van der Waals surface area contributed by atoms with Gasteiger partial charge in [-0.1, -0.05) is 18.2 Å². The first-order valence-corrected chi connectivity index (χ1v) is 11.7. The van der Waals surface area contributed by atoms with Gasteiger partial charge in [0, 0.05) is 30.2 Å². The fourth-order valence-corrected chi connectivity index (χ4v) is 4.11. The van der Waals surface area contributed by atoms with Crippen LogP contribution in [0.5, 0.6) is 5.75 Å². The molecule has 1 atom stereocenters. The van der Waals surface area contributed by atoms with Crippen molar-refractivity contribution in [1.82, 2.24) is 15.3 Å². The summed E-state index contributed by atoms with van der Waals surface area (Å²) in [6.07, 6.45) is 9.60. The molecule has 1 unspecified atom stereocenters. The van der Waals surface area contributed by atoms with Crippen LogP contribution in [-0.2, 0) is 30.5 Å². The lowest BCUT2D eigenvalue weighted by Gasteiger charge is -2.15. The van der Waals surface area contributed by atoms with E-state index >= 15 is 0 Å². The standard InChI is InChI=1S/C27H29N3O4/c31-26(21-6-3-15-28-18-21)30-25(27(32)33)17-19-9-13-23(14-10-19)34-16-4-7-22-12-11-20-5-1-2-8-24(20)29-22/h3,6,9-15,18,25H,1-2,4-5,7-8,16-17H2,(H,30,31)(H,32,33). The zero-order valence-electron chi connectivity index (χ0n) is 19.1. The molecule has 1 amide bonds. The molecular formula is C27H29N3O4. The summed E-state index contributed by atoms with van der Waals surface area (Å²) in [5, 5.41) is 12.1. The van der Waals surface area contributed by atoms with E-state index in [1.807, 2.05) is 24.3 Å². The molecule has 4 rings (SSSR count). The predicted octanol–water partition coefficient (Wildman–Crippen LogP) is 3.79. The third kappa shape index (κ3) is 6.41. The Hall–Kier alpha value is -3.74. The monoisotopic (exact) mass is 459 g/mol. The lowest BCUT2D eigenvalue weighted by atomic mass is 9.95. The number of carbonyl (C=O) groups is 2. The van der Waals surface area contributed by atoms with Crippen LogP contribution in [0.15, 0.2) is 60.9 Å². The Morgan fingerprint density at radius 3 is 2.65 bits per heavy atom. The van der Waals surface area contributed by atoms with Crippen LogP contribution >= 0.6 is 0 Å². The minimum absolute atomic E-state index is 0.172. The van der Waals surface area contributed by atoms with E-state index in [-0.39, 0.29) is 6.42 Å². The largest absolute Gasteiger partial charge is 0.494 e. The summed E-state index contributed by atoms with van der Waals surface area (Å²) in [6, 6.07) is 13.8. The fraction of sp³-hybridized carbons (Fsp3) is 0.333. The van der Waals surface area contributed by atoms with E-state index in [1.165, 1.54) is 30.3 Å². The summed E-state index contributed by atoms with van der Waals surface area (Å²) in [6.45, 7) is 0.580. The third-order valence-electron chi connectivity index (χ3n) is 5.97. The van der Waals surface area contributed by atoms with Crippen LogP contribution in [0, 0.1) is 0 Å².